The van der Waals surface area contributed by atoms with Crippen LogP contribution >= 0.6 is 23.2 Å². The Bertz CT molecular complexity index is 1870. The van der Waals surface area contributed by atoms with Crippen LogP contribution in [0, 0.1) is 11.2 Å². The van der Waals surface area contributed by atoms with Gasteiger partial charge in [-0.05, 0) is 79.7 Å². The fourth-order valence-corrected chi connectivity index (χ4v) is 6.75. The first-order chi connectivity index (χ1) is 25.4. The van der Waals surface area contributed by atoms with E-state index < -0.39 is 23.9 Å². The number of halogens is 3. The van der Waals surface area contributed by atoms with E-state index in [1.165, 1.54) is 6.07 Å². The van der Waals surface area contributed by atoms with E-state index in [0.29, 0.717) is 52.1 Å². The average Bonchev–Trinajstić information content (AvgIpc) is 3.22. The summed E-state index contributed by atoms with van der Waals surface area (Å²) in [6, 6.07) is 25.0. The predicted molar refractivity (Wildman–Crippen MR) is 209 cm³/mol. The van der Waals surface area contributed by atoms with Gasteiger partial charge in [-0.1, -0.05) is 92.5 Å². The lowest BCUT2D eigenvalue weighted by atomic mass is 9.94. The SMILES string of the molecule is COc1c(OCCCNCCCc2ccccc2Cl)cccc1C1OC(CC(=O)NCc2ccccc2F)C(=O)N(CC(C)(C)C)c2ccc(Cl)cc21. The molecule has 0 aliphatic carbocycles. The third-order valence-electron chi connectivity index (χ3n) is 8.85. The van der Waals surface area contributed by atoms with E-state index in [2.05, 4.69) is 16.7 Å². The van der Waals surface area contributed by atoms with Gasteiger partial charge in [0.25, 0.3) is 5.91 Å². The minimum absolute atomic E-state index is 0.0251. The summed E-state index contributed by atoms with van der Waals surface area (Å²) in [4.78, 5) is 29.4. The topological polar surface area (TPSA) is 89.1 Å². The number of carbonyl (C=O) groups is 2. The van der Waals surface area contributed by atoms with Crippen LogP contribution in [0.3, 0.4) is 0 Å². The molecule has 0 fully saturated rings. The maximum absolute atomic E-state index is 14.3. The van der Waals surface area contributed by atoms with Gasteiger partial charge < -0.3 is 29.7 Å². The van der Waals surface area contributed by atoms with Crippen molar-refractivity contribution in [3.05, 3.63) is 123 Å². The third-order valence-corrected chi connectivity index (χ3v) is 9.45. The molecule has 2 N–H and O–H groups in total. The number of methoxy groups -OCH3 is 1. The molecule has 282 valence electrons. The third kappa shape index (κ3) is 10.9. The van der Waals surface area contributed by atoms with Crippen LogP contribution in [0.15, 0.2) is 84.9 Å². The molecule has 0 aromatic heterocycles. The second-order valence-corrected chi connectivity index (χ2v) is 15.1. The summed E-state index contributed by atoms with van der Waals surface area (Å²) in [5.74, 6) is -0.259. The number of rotatable bonds is 16. The fraction of sp³-hybridized carbons (Fsp3) is 0.381. The van der Waals surface area contributed by atoms with Gasteiger partial charge >= 0.3 is 0 Å². The molecule has 0 radical (unpaired) electrons. The molecule has 0 saturated heterocycles. The molecule has 53 heavy (non-hydrogen) atoms. The number of benzene rings is 4. The largest absolute Gasteiger partial charge is 0.492 e. The molecule has 1 heterocycles. The van der Waals surface area contributed by atoms with Crippen molar-refractivity contribution in [3.8, 4) is 11.5 Å². The highest BCUT2D eigenvalue weighted by molar-refractivity contribution is 6.31. The first-order valence-corrected chi connectivity index (χ1v) is 18.7. The van der Waals surface area contributed by atoms with Crippen molar-refractivity contribution < 1.29 is 28.2 Å². The predicted octanol–water partition coefficient (Wildman–Crippen LogP) is 8.71. The Hall–Kier alpha value is -4.15. The standard InChI is InChI=1S/C42H48Cl2FN3O5/c1-42(2,3)27-48-35-20-19-30(43)24-32(35)39(53-37(41(48)50)25-38(49)47-26-29-13-6-8-17-34(29)45)31-15-9-18-36(40(31)51-4)52-23-11-22-46-21-10-14-28-12-5-7-16-33(28)44/h5-9,12-13,15-20,24,37,39,46H,10-11,14,21-23,25-27H2,1-4H3,(H,47,49). The molecule has 1 aliphatic rings. The van der Waals surface area contributed by atoms with Crippen molar-refractivity contribution in [2.45, 2.75) is 65.2 Å². The van der Waals surface area contributed by atoms with Crippen LogP contribution in [-0.2, 0) is 27.3 Å². The van der Waals surface area contributed by atoms with Crippen LogP contribution < -0.4 is 25.0 Å². The van der Waals surface area contributed by atoms with Gasteiger partial charge in [0.1, 0.15) is 18.0 Å². The van der Waals surface area contributed by atoms with E-state index in [9.17, 15) is 14.0 Å². The second kappa shape index (κ2) is 18.7. The van der Waals surface area contributed by atoms with Gasteiger partial charge in [-0.2, -0.15) is 0 Å². The molecule has 1 aliphatic heterocycles. The van der Waals surface area contributed by atoms with Gasteiger partial charge in [0.15, 0.2) is 11.5 Å². The first kappa shape index (κ1) is 40.0. The zero-order chi connectivity index (χ0) is 38.0. The smallest absolute Gasteiger partial charge is 0.256 e. The molecule has 4 aromatic carbocycles. The number of hydrogen-bond acceptors (Lipinski definition) is 6. The lowest BCUT2D eigenvalue weighted by Crippen LogP contribution is -2.45. The molecule has 2 unspecified atom stereocenters. The molecule has 0 saturated carbocycles. The Morgan fingerprint density at radius 2 is 1.66 bits per heavy atom. The van der Waals surface area contributed by atoms with E-state index in [-0.39, 0.29) is 24.3 Å². The molecule has 0 bridgehead atoms. The van der Waals surface area contributed by atoms with E-state index in [1.807, 2.05) is 63.2 Å². The number of ether oxygens (including phenoxy) is 3. The van der Waals surface area contributed by atoms with Crippen molar-refractivity contribution >= 4 is 40.7 Å². The highest BCUT2D eigenvalue weighted by atomic mass is 35.5. The number of aryl methyl sites for hydroxylation is 1. The number of carbonyl (C=O) groups excluding carboxylic acids is 2. The number of fused-ring (bicyclic) bond motifs is 1. The summed E-state index contributed by atoms with van der Waals surface area (Å²) in [5.41, 5.74) is 3.10. The van der Waals surface area contributed by atoms with E-state index in [1.54, 1.807) is 42.3 Å². The van der Waals surface area contributed by atoms with Gasteiger partial charge in [-0.25, -0.2) is 4.39 Å². The van der Waals surface area contributed by atoms with Gasteiger partial charge in [0.05, 0.1) is 20.1 Å². The van der Waals surface area contributed by atoms with E-state index >= 15 is 0 Å². The molecule has 2 amide bonds. The summed E-state index contributed by atoms with van der Waals surface area (Å²) >= 11 is 12.9. The molecule has 11 heteroatoms. The highest BCUT2D eigenvalue weighted by Gasteiger charge is 2.40. The molecule has 0 spiro atoms. The van der Waals surface area contributed by atoms with Crippen LogP contribution in [0.2, 0.25) is 10.0 Å². The van der Waals surface area contributed by atoms with Crippen LogP contribution in [-0.4, -0.2) is 51.3 Å². The maximum Gasteiger partial charge on any atom is 0.256 e. The van der Waals surface area contributed by atoms with Crippen molar-refractivity contribution in [1.29, 1.82) is 0 Å². The number of para-hydroxylation sites is 1. The Morgan fingerprint density at radius 3 is 2.40 bits per heavy atom. The van der Waals surface area contributed by atoms with Gasteiger partial charge in [-0.15, -0.1) is 0 Å². The van der Waals surface area contributed by atoms with Crippen LogP contribution in [0.25, 0.3) is 0 Å². The quantitative estimate of drug-likeness (QED) is 0.111. The minimum Gasteiger partial charge on any atom is -0.492 e. The number of hydrogen-bond donors (Lipinski definition) is 2. The molecule has 4 aromatic rings. The molecule has 2 atom stereocenters. The molecule has 8 nitrogen and oxygen atoms in total. The Kier molecular flexibility index (Phi) is 14.2. The van der Waals surface area contributed by atoms with Crippen LogP contribution in [0.1, 0.15) is 68.4 Å². The van der Waals surface area contributed by atoms with Gasteiger partial charge in [0, 0.05) is 45.5 Å². The van der Waals surface area contributed by atoms with E-state index in [0.717, 1.165) is 42.9 Å². The van der Waals surface area contributed by atoms with Crippen molar-refractivity contribution in [3.63, 3.8) is 0 Å². The zero-order valence-corrected chi connectivity index (χ0v) is 32.2. The fourth-order valence-electron chi connectivity index (χ4n) is 6.34. The van der Waals surface area contributed by atoms with Gasteiger partial charge in [0.2, 0.25) is 5.91 Å². The van der Waals surface area contributed by atoms with Crippen molar-refractivity contribution in [1.82, 2.24) is 10.6 Å². The summed E-state index contributed by atoms with van der Waals surface area (Å²) in [6.07, 6.45) is 0.335. The number of nitrogens with zero attached hydrogens (tertiary/aromatic N) is 1. The lowest BCUT2D eigenvalue weighted by molar-refractivity contribution is -0.138. The lowest BCUT2D eigenvalue weighted by Gasteiger charge is -2.31. The molecule has 5 rings (SSSR count). The normalized spacial score (nSPS) is 15.8. The first-order valence-electron chi connectivity index (χ1n) is 18.0. The zero-order valence-electron chi connectivity index (χ0n) is 30.7. The Morgan fingerprint density at radius 1 is 0.925 bits per heavy atom. The number of amides is 2. The Balaban J connectivity index is 1.34. The number of nitrogens with one attached hydrogen (secondary N) is 2. The summed E-state index contributed by atoms with van der Waals surface area (Å²) in [6.45, 7) is 8.52. The second-order valence-electron chi connectivity index (χ2n) is 14.3. The van der Waals surface area contributed by atoms with Gasteiger partial charge in [-0.3, -0.25) is 9.59 Å². The summed E-state index contributed by atoms with van der Waals surface area (Å²) in [5, 5.41) is 7.48. The molecular weight excluding hydrogens is 716 g/mol. The van der Waals surface area contributed by atoms with E-state index in [4.69, 9.17) is 37.4 Å². The van der Waals surface area contributed by atoms with Crippen LogP contribution in [0.4, 0.5) is 10.1 Å². The summed E-state index contributed by atoms with van der Waals surface area (Å²) < 4.78 is 33.2. The Labute approximate surface area is 321 Å². The van der Waals surface area contributed by atoms with Crippen molar-refractivity contribution in [2.24, 2.45) is 5.41 Å². The van der Waals surface area contributed by atoms with Crippen molar-refractivity contribution in [2.75, 3.05) is 38.3 Å². The summed E-state index contributed by atoms with van der Waals surface area (Å²) in [7, 11) is 1.56. The average molecular weight is 765 g/mol. The minimum atomic E-state index is -1.17. The highest BCUT2D eigenvalue weighted by Crippen LogP contribution is 2.45. The number of anilines is 1. The maximum atomic E-state index is 14.3. The molecular formula is C42H48Cl2FN3O5. The van der Waals surface area contributed by atoms with Crippen LogP contribution in [0.5, 0.6) is 11.5 Å². The monoisotopic (exact) mass is 763 g/mol.